The Bertz CT molecular complexity index is 332. The van der Waals surface area contributed by atoms with Gasteiger partial charge < -0.3 is 10.0 Å². The predicted molar refractivity (Wildman–Crippen MR) is 63.4 cm³/mol. The fourth-order valence-corrected chi connectivity index (χ4v) is 2.99. The number of carbonyl (C=O) groups excluding carboxylic acids is 1. The first-order valence-corrected chi connectivity index (χ1v) is 6.43. The van der Waals surface area contributed by atoms with Gasteiger partial charge in [-0.2, -0.15) is 0 Å². The highest BCUT2D eigenvalue weighted by Gasteiger charge is 2.43. The standard InChI is InChI=1S/C13H21NO3/c1-13(2)6-4-3-5-10(13)11(15)14-7-9(8-14)12(16)17/h9-10H,3-8H2,1-2H3,(H,16,17). The summed E-state index contributed by atoms with van der Waals surface area (Å²) in [5.41, 5.74) is 0.0731. The molecule has 2 aliphatic rings. The Morgan fingerprint density at radius 1 is 1.24 bits per heavy atom. The van der Waals surface area contributed by atoms with Gasteiger partial charge in [0.15, 0.2) is 0 Å². The highest BCUT2D eigenvalue weighted by molar-refractivity contribution is 5.83. The van der Waals surface area contributed by atoms with Crippen LogP contribution in [0.4, 0.5) is 0 Å². The van der Waals surface area contributed by atoms with E-state index in [1.165, 1.54) is 6.42 Å². The lowest BCUT2D eigenvalue weighted by Crippen LogP contribution is -2.56. The summed E-state index contributed by atoms with van der Waals surface area (Å²) < 4.78 is 0. The van der Waals surface area contributed by atoms with Gasteiger partial charge in [0.1, 0.15) is 0 Å². The Kier molecular flexibility index (Phi) is 3.15. The largest absolute Gasteiger partial charge is 0.481 e. The minimum atomic E-state index is -0.781. The van der Waals surface area contributed by atoms with E-state index in [-0.39, 0.29) is 23.2 Å². The first-order valence-electron chi connectivity index (χ1n) is 6.43. The van der Waals surface area contributed by atoms with Gasteiger partial charge in [0.25, 0.3) is 0 Å². The van der Waals surface area contributed by atoms with E-state index in [1.807, 2.05) is 0 Å². The number of carboxylic acid groups (broad SMARTS) is 1. The van der Waals surface area contributed by atoms with Gasteiger partial charge in [0.05, 0.1) is 5.92 Å². The summed E-state index contributed by atoms with van der Waals surface area (Å²) >= 11 is 0. The average Bonchev–Trinajstić information content (AvgIpc) is 2.13. The molecule has 0 radical (unpaired) electrons. The maximum absolute atomic E-state index is 12.3. The topological polar surface area (TPSA) is 57.6 Å². The second kappa shape index (κ2) is 4.31. The van der Waals surface area contributed by atoms with Crippen LogP contribution in [0.1, 0.15) is 39.5 Å². The van der Waals surface area contributed by atoms with Gasteiger partial charge >= 0.3 is 5.97 Å². The van der Waals surface area contributed by atoms with Crippen molar-refractivity contribution in [2.24, 2.45) is 17.3 Å². The molecule has 1 heterocycles. The average molecular weight is 239 g/mol. The first-order chi connectivity index (χ1) is 7.92. The number of nitrogens with zero attached hydrogens (tertiary/aromatic N) is 1. The van der Waals surface area contributed by atoms with E-state index < -0.39 is 5.97 Å². The van der Waals surface area contributed by atoms with Gasteiger partial charge in [0, 0.05) is 19.0 Å². The zero-order valence-electron chi connectivity index (χ0n) is 10.6. The summed E-state index contributed by atoms with van der Waals surface area (Å²) in [5, 5.41) is 8.81. The van der Waals surface area contributed by atoms with Crippen LogP contribution in [0.25, 0.3) is 0 Å². The molecule has 17 heavy (non-hydrogen) atoms. The summed E-state index contributed by atoms with van der Waals surface area (Å²) in [6.07, 6.45) is 4.38. The molecule has 0 aromatic rings. The maximum atomic E-state index is 12.3. The third-order valence-electron chi connectivity index (χ3n) is 4.35. The van der Waals surface area contributed by atoms with Crippen LogP contribution in [-0.4, -0.2) is 35.0 Å². The van der Waals surface area contributed by atoms with Crippen LogP contribution < -0.4 is 0 Å². The summed E-state index contributed by atoms with van der Waals surface area (Å²) in [7, 11) is 0. The Morgan fingerprint density at radius 3 is 2.41 bits per heavy atom. The fraction of sp³-hybridized carbons (Fsp3) is 0.846. The van der Waals surface area contributed by atoms with Crippen molar-refractivity contribution in [2.75, 3.05) is 13.1 Å². The van der Waals surface area contributed by atoms with E-state index in [9.17, 15) is 9.59 Å². The minimum Gasteiger partial charge on any atom is -0.481 e. The normalized spacial score (nSPS) is 28.6. The smallest absolute Gasteiger partial charge is 0.310 e. The van der Waals surface area contributed by atoms with E-state index in [2.05, 4.69) is 13.8 Å². The van der Waals surface area contributed by atoms with E-state index in [1.54, 1.807) is 4.90 Å². The lowest BCUT2D eigenvalue weighted by atomic mass is 9.68. The van der Waals surface area contributed by atoms with Crippen LogP contribution in [-0.2, 0) is 9.59 Å². The highest BCUT2D eigenvalue weighted by Crippen LogP contribution is 2.42. The van der Waals surface area contributed by atoms with Gasteiger partial charge in [-0.15, -0.1) is 0 Å². The zero-order valence-corrected chi connectivity index (χ0v) is 10.6. The molecule has 1 saturated heterocycles. The molecule has 0 aromatic carbocycles. The number of carboxylic acids is 1. The molecule has 96 valence electrons. The van der Waals surface area contributed by atoms with Crippen molar-refractivity contribution in [1.82, 2.24) is 4.90 Å². The van der Waals surface area contributed by atoms with Gasteiger partial charge in [-0.1, -0.05) is 26.7 Å². The quantitative estimate of drug-likeness (QED) is 0.798. The minimum absolute atomic E-state index is 0.0731. The molecule has 4 heteroatoms. The van der Waals surface area contributed by atoms with Crippen molar-refractivity contribution >= 4 is 11.9 Å². The van der Waals surface area contributed by atoms with Crippen LogP contribution in [0.3, 0.4) is 0 Å². The fourth-order valence-electron chi connectivity index (χ4n) is 2.99. The molecular formula is C13H21NO3. The summed E-state index contributed by atoms with van der Waals surface area (Å²) in [4.78, 5) is 24.7. The Labute approximate surface area is 102 Å². The molecule has 1 saturated carbocycles. The molecule has 0 aromatic heterocycles. The van der Waals surface area contributed by atoms with Gasteiger partial charge in [-0.05, 0) is 18.3 Å². The lowest BCUT2D eigenvalue weighted by Gasteiger charge is -2.44. The number of aliphatic carboxylic acids is 1. The van der Waals surface area contributed by atoms with E-state index in [4.69, 9.17) is 5.11 Å². The summed E-state index contributed by atoms with van der Waals surface area (Å²) in [6.45, 7) is 5.12. The molecule has 2 rings (SSSR count). The SMILES string of the molecule is CC1(C)CCCCC1C(=O)N1CC(C(=O)O)C1. The number of amides is 1. The molecule has 0 bridgehead atoms. The molecule has 1 aliphatic carbocycles. The van der Waals surface area contributed by atoms with Crippen LogP contribution in [0, 0.1) is 17.3 Å². The van der Waals surface area contributed by atoms with Crippen molar-refractivity contribution < 1.29 is 14.7 Å². The van der Waals surface area contributed by atoms with Gasteiger partial charge in [-0.3, -0.25) is 9.59 Å². The van der Waals surface area contributed by atoms with E-state index in [0.29, 0.717) is 13.1 Å². The monoisotopic (exact) mass is 239 g/mol. The molecule has 2 fully saturated rings. The molecule has 1 aliphatic heterocycles. The first kappa shape index (κ1) is 12.4. The van der Waals surface area contributed by atoms with E-state index in [0.717, 1.165) is 19.3 Å². The van der Waals surface area contributed by atoms with Crippen molar-refractivity contribution in [3.8, 4) is 0 Å². The highest BCUT2D eigenvalue weighted by atomic mass is 16.4. The van der Waals surface area contributed by atoms with Crippen molar-refractivity contribution in [2.45, 2.75) is 39.5 Å². The van der Waals surface area contributed by atoms with Crippen LogP contribution in [0.5, 0.6) is 0 Å². The Hall–Kier alpha value is -1.06. The number of carbonyl (C=O) groups is 2. The second-order valence-electron chi connectivity index (χ2n) is 6.07. The molecule has 1 atom stereocenters. The molecule has 1 unspecified atom stereocenters. The third kappa shape index (κ3) is 2.31. The van der Waals surface area contributed by atoms with Crippen molar-refractivity contribution in [3.05, 3.63) is 0 Å². The lowest BCUT2D eigenvalue weighted by molar-refractivity contribution is -0.157. The Morgan fingerprint density at radius 2 is 1.88 bits per heavy atom. The predicted octanol–water partition coefficient (Wildman–Crippen LogP) is 1.75. The summed E-state index contributed by atoms with van der Waals surface area (Å²) in [6, 6.07) is 0. The van der Waals surface area contributed by atoms with Crippen LogP contribution in [0.2, 0.25) is 0 Å². The molecule has 1 N–H and O–H groups in total. The van der Waals surface area contributed by atoms with Crippen molar-refractivity contribution in [3.63, 3.8) is 0 Å². The van der Waals surface area contributed by atoms with Crippen molar-refractivity contribution in [1.29, 1.82) is 0 Å². The molecule has 1 amide bonds. The van der Waals surface area contributed by atoms with Gasteiger partial charge in [-0.25, -0.2) is 0 Å². The third-order valence-corrected chi connectivity index (χ3v) is 4.35. The van der Waals surface area contributed by atoms with Crippen LogP contribution >= 0.6 is 0 Å². The summed E-state index contributed by atoms with van der Waals surface area (Å²) in [5.74, 6) is -0.860. The molecule has 4 nitrogen and oxygen atoms in total. The number of rotatable bonds is 2. The second-order valence-corrected chi connectivity index (χ2v) is 6.07. The van der Waals surface area contributed by atoms with Crippen LogP contribution in [0.15, 0.2) is 0 Å². The number of hydrogen-bond donors (Lipinski definition) is 1. The zero-order chi connectivity index (χ0) is 12.6. The van der Waals surface area contributed by atoms with Gasteiger partial charge in [0.2, 0.25) is 5.91 Å². The number of hydrogen-bond acceptors (Lipinski definition) is 2. The number of likely N-dealkylation sites (tertiary alicyclic amines) is 1. The molecule has 0 spiro atoms. The maximum Gasteiger partial charge on any atom is 0.310 e. The van der Waals surface area contributed by atoms with E-state index >= 15 is 0 Å². The molecular weight excluding hydrogens is 218 g/mol. The Balaban J connectivity index is 1.94.